The molecule has 0 radical (unpaired) electrons. The number of benzene rings is 1. The van der Waals surface area contributed by atoms with Crippen LogP contribution in [0.2, 0.25) is 5.02 Å². The van der Waals surface area contributed by atoms with Gasteiger partial charge in [-0.15, -0.1) is 0 Å². The third-order valence-corrected chi connectivity index (χ3v) is 4.88. The summed E-state index contributed by atoms with van der Waals surface area (Å²) < 4.78 is 36.1. The van der Waals surface area contributed by atoms with E-state index in [-0.39, 0.29) is 28.9 Å². The molecule has 2 rings (SSSR count). The molecule has 1 amide bonds. The van der Waals surface area contributed by atoms with Crippen molar-refractivity contribution in [2.24, 2.45) is 0 Å². The van der Waals surface area contributed by atoms with Crippen molar-refractivity contribution >= 4 is 33.0 Å². The molecule has 21 heavy (non-hydrogen) atoms. The quantitative estimate of drug-likeness (QED) is 0.854. The molecule has 0 saturated carbocycles. The number of anilines is 1. The maximum absolute atomic E-state index is 13.7. The summed E-state index contributed by atoms with van der Waals surface area (Å²) in [5.41, 5.74) is 1.76. The molecule has 1 aromatic carbocycles. The SMILES string of the molecule is Cc1c(F)cc(Cl)c2c1CCCN2C(=O)CCS(C)(=O)=O. The summed E-state index contributed by atoms with van der Waals surface area (Å²) in [7, 11) is -3.20. The van der Waals surface area contributed by atoms with Gasteiger partial charge in [-0.25, -0.2) is 12.8 Å². The lowest BCUT2D eigenvalue weighted by Gasteiger charge is -2.31. The van der Waals surface area contributed by atoms with Crippen molar-refractivity contribution in [1.29, 1.82) is 0 Å². The zero-order valence-corrected chi connectivity index (χ0v) is 13.5. The molecule has 7 heteroatoms. The van der Waals surface area contributed by atoms with Gasteiger partial charge < -0.3 is 4.90 Å². The molecule has 0 aromatic heterocycles. The first kappa shape index (κ1) is 16.2. The van der Waals surface area contributed by atoms with Crippen LogP contribution in [0.25, 0.3) is 0 Å². The first-order valence-corrected chi connectivity index (χ1v) is 9.10. The largest absolute Gasteiger partial charge is 0.311 e. The van der Waals surface area contributed by atoms with Gasteiger partial charge in [0.2, 0.25) is 5.91 Å². The van der Waals surface area contributed by atoms with Gasteiger partial charge in [0.15, 0.2) is 0 Å². The highest BCUT2D eigenvalue weighted by atomic mass is 35.5. The minimum atomic E-state index is -3.20. The molecule has 1 aliphatic heterocycles. The Hall–Kier alpha value is -1.14. The van der Waals surface area contributed by atoms with Crippen LogP contribution >= 0.6 is 11.6 Å². The standard InChI is InChI=1S/C14H17ClFNO3S/c1-9-10-4-3-6-17(13(18)5-7-21(2,19)20)14(10)11(15)8-12(9)16/h8H,3-7H2,1-2H3. The number of nitrogens with zero attached hydrogens (tertiary/aromatic N) is 1. The molecule has 0 fully saturated rings. The lowest BCUT2D eigenvalue weighted by Crippen LogP contribution is -2.37. The molecule has 0 saturated heterocycles. The van der Waals surface area contributed by atoms with Crippen LogP contribution < -0.4 is 4.90 Å². The summed E-state index contributed by atoms with van der Waals surface area (Å²) in [6.07, 6.45) is 2.37. The fraction of sp³-hybridized carbons (Fsp3) is 0.500. The lowest BCUT2D eigenvalue weighted by atomic mass is 9.96. The second-order valence-electron chi connectivity index (χ2n) is 5.32. The summed E-state index contributed by atoms with van der Waals surface area (Å²) in [4.78, 5) is 13.7. The van der Waals surface area contributed by atoms with Gasteiger partial charge in [0.25, 0.3) is 0 Å². The number of carbonyl (C=O) groups excluding carboxylic acids is 1. The zero-order chi connectivity index (χ0) is 15.8. The van der Waals surface area contributed by atoms with E-state index in [0.717, 1.165) is 11.8 Å². The summed E-state index contributed by atoms with van der Waals surface area (Å²) in [6.45, 7) is 2.13. The Morgan fingerprint density at radius 1 is 1.48 bits per heavy atom. The first-order chi connectivity index (χ1) is 9.70. The van der Waals surface area contributed by atoms with Gasteiger partial charge >= 0.3 is 0 Å². The monoisotopic (exact) mass is 333 g/mol. The van der Waals surface area contributed by atoms with E-state index in [2.05, 4.69) is 0 Å². The number of hydrogen-bond acceptors (Lipinski definition) is 3. The molecule has 0 bridgehead atoms. The van der Waals surface area contributed by atoms with E-state index in [1.807, 2.05) is 0 Å². The molecule has 0 unspecified atom stereocenters. The van der Waals surface area contributed by atoms with Gasteiger partial charge in [0.05, 0.1) is 16.5 Å². The Morgan fingerprint density at radius 3 is 2.76 bits per heavy atom. The average molecular weight is 334 g/mol. The molecular formula is C14H17ClFNO3S. The third-order valence-electron chi connectivity index (χ3n) is 3.64. The summed E-state index contributed by atoms with van der Waals surface area (Å²) >= 11 is 6.10. The highest BCUT2D eigenvalue weighted by Crippen LogP contribution is 2.38. The number of rotatable bonds is 3. The summed E-state index contributed by atoms with van der Waals surface area (Å²) in [6, 6.07) is 1.21. The van der Waals surface area contributed by atoms with Crippen LogP contribution in [0.3, 0.4) is 0 Å². The summed E-state index contributed by atoms with van der Waals surface area (Å²) in [5, 5.41) is 0.195. The molecule has 4 nitrogen and oxygen atoms in total. The van der Waals surface area contributed by atoms with Gasteiger partial charge in [-0.1, -0.05) is 11.6 Å². The van der Waals surface area contributed by atoms with Crippen LogP contribution in [-0.2, 0) is 21.1 Å². The highest BCUT2D eigenvalue weighted by Gasteiger charge is 2.27. The highest BCUT2D eigenvalue weighted by molar-refractivity contribution is 7.90. The number of sulfone groups is 1. The van der Waals surface area contributed by atoms with Crippen molar-refractivity contribution in [2.45, 2.75) is 26.2 Å². The number of halogens is 2. The van der Waals surface area contributed by atoms with Crippen molar-refractivity contribution in [2.75, 3.05) is 23.5 Å². The van der Waals surface area contributed by atoms with Gasteiger partial charge in [0.1, 0.15) is 15.7 Å². The topological polar surface area (TPSA) is 54.5 Å². The van der Waals surface area contributed by atoms with E-state index in [4.69, 9.17) is 11.6 Å². The van der Waals surface area contributed by atoms with E-state index in [1.54, 1.807) is 6.92 Å². The molecule has 0 N–H and O–H groups in total. The molecule has 0 atom stereocenters. The van der Waals surface area contributed by atoms with E-state index in [1.165, 1.54) is 11.0 Å². The van der Waals surface area contributed by atoms with Crippen LogP contribution in [0.15, 0.2) is 6.07 Å². The average Bonchev–Trinajstić information content (AvgIpc) is 2.40. The maximum atomic E-state index is 13.7. The number of hydrogen-bond donors (Lipinski definition) is 0. The van der Waals surface area contributed by atoms with Crippen LogP contribution in [0.1, 0.15) is 24.0 Å². The second-order valence-corrected chi connectivity index (χ2v) is 7.99. The van der Waals surface area contributed by atoms with E-state index in [0.29, 0.717) is 30.6 Å². The van der Waals surface area contributed by atoms with Crippen LogP contribution in [-0.4, -0.2) is 32.9 Å². The van der Waals surface area contributed by atoms with Crippen LogP contribution in [0.5, 0.6) is 0 Å². The van der Waals surface area contributed by atoms with Gasteiger partial charge in [-0.05, 0) is 37.0 Å². The maximum Gasteiger partial charge on any atom is 0.228 e. The lowest BCUT2D eigenvalue weighted by molar-refractivity contribution is -0.118. The molecule has 1 heterocycles. The van der Waals surface area contributed by atoms with E-state index in [9.17, 15) is 17.6 Å². The normalized spacial score (nSPS) is 15.0. The van der Waals surface area contributed by atoms with Gasteiger partial charge in [0, 0.05) is 19.2 Å². The summed E-state index contributed by atoms with van der Waals surface area (Å²) in [5.74, 6) is -0.881. The number of fused-ring (bicyclic) bond motifs is 1. The molecule has 1 aromatic rings. The predicted molar refractivity (Wildman–Crippen MR) is 81.1 cm³/mol. The minimum absolute atomic E-state index is 0.0922. The second kappa shape index (κ2) is 5.93. The fourth-order valence-corrected chi connectivity index (χ4v) is 3.39. The molecule has 1 aliphatic rings. The number of carbonyl (C=O) groups is 1. The molecule has 116 valence electrons. The van der Waals surface area contributed by atoms with E-state index >= 15 is 0 Å². The van der Waals surface area contributed by atoms with Crippen LogP contribution in [0.4, 0.5) is 10.1 Å². The van der Waals surface area contributed by atoms with Crippen molar-refractivity contribution in [3.63, 3.8) is 0 Å². The van der Waals surface area contributed by atoms with Crippen LogP contribution in [0, 0.1) is 12.7 Å². The Labute approximate surface area is 128 Å². The van der Waals surface area contributed by atoms with Crippen molar-refractivity contribution in [3.05, 3.63) is 28.0 Å². The molecule has 0 aliphatic carbocycles. The van der Waals surface area contributed by atoms with E-state index < -0.39 is 9.84 Å². The number of amides is 1. The Bertz CT molecular complexity index is 688. The van der Waals surface area contributed by atoms with Crippen molar-refractivity contribution in [1.82, 2.24) is 0 Å². The van der Waals surface area contributed by atoms with Crippen molar-refractivity contribution in [3.8, 4) is 0 Å². The van der Waals surface area contributed by atoms with Crippen molar-refractivity contribution < 1.29 is 17.6 Å². The molecular weight excluding hydrogens is 317 g/mol. The Balaban J connectivity index is 2.34. The molecule has 0 spiro atoms. The first-order valence-electron chi connectivity index (χ1n) is 6.66. The minimum Gasteiger partial charge on any atom is -0.311 e. The van der Waals surface area contributed by atoms with Gasteiger partial charge in [-0.2, -0.15) is 0 Å². The zero-order valence-electron chi connectivity index (χ0n) is 11.9. The third kappa shape index (κ3) is 3.55. The van der Waals surface area contributed by atoms with Gasteiger partial charge in [-0.3, -0.25) is 4.79 Å². The fourth-order valence-electron chi connectivity index (χ4n) is 2.53. The Morgan fingerprint density at radius 2 is 2.14 bits per heavy atom. The Kier molecular flexibility index (Phi) is 4.58. The smallest absolute Gasteiger partial charge is 0.228 e. The predicted octanol–water partition coefficient (Wildman–Crippen LogP) is 2.50.